The van der Waals surface area contributed by atoms with Gasteiger partial charge in [0.15, 0.2) is 11.5 Å². The van der Waals surface area contributed by atoms with Gasteiger partial charge < -0.3 is 9.47 Å². The van der Waals surface area contributed by atoms with Gasteiger partial charge in [-0.1, -0.05) is 48.4 Å². The van der Waals surface area contributed by atoms with E-state index in [1.807, 2.05) is 6.07 Å². The second-order valence-corrected chi connectivity index (χ2v) is 9.88. The zero-order chi connectivity index (χ0) is 25.0. The molecule has 1 aromatic heterocycles. The molecule has 35 heavy (non-hydrogen) atoms. The first kappa shape index (κ1) is 26.3. The van der Waals surface area contributed by atoms with Crippen LogP contribution in [0.15, 0.2) is 52.9 Å². The molecule has 1 heterocycles. The second-order valence-electron chi connectivity index (χ2n) is 7.65. The summed E-state index contributed by atoms with van der Waals surface area (Å²) in [6, 6.07) is 15.6. The van der Waals surface area contributed by atoms with Crippen LogP contribution in [-0.2, 0) is 11.2 Å². The molecule has 3 rings (SSSR count). The van der Waals surface area contributed by atoms with Crippen molar-refractivity contribution < 1.29 is 14.3 Å². The van der Waals surface area contributed by atoms with Gasteiger partial charge in [0, 0.05) is 17.1 Å². The second kappa shape index (κ2) is 13.5. The van der Waals surface area contributed by atoms with Crippen molar-refractivity contribution in [3.63, 3.8) is 0 Å². The molecule has 0 aliphatic heterocycles. The fourth-order valence-electron chi connectivity index (χ4n) is 3.05. The number of aromatic nitrogens is 2. The number of methoxy groups -OCH3 is 1. The predicted octanol–water partition coefficient (Wildman–Crippen LogP) is 5.91. The Bertz CT molecular complexity index is 1200. The number of unbranched alkanes of at least 4 members (excludes halogenated alkanes) is 1. The molecular formula is C26H28N4O3S2. The van der Waals surface area contributed by atoms with Crippen LogP contribution in [0.5, 0.6) is 11.5 Å². The summed E-state index contributed by atoms with van der Waals surface area (Å²) in [5, 5.41) is 21.5. The number of nitrogens with zero attached hydrogens (tertiary/aromatic N) is 3. The highest BCUT2D eigenvalue weighted by atomic mass is 32.2. The van der Waals surface area contributed by atoms with Gasteiger partial charge in [0.05, 0.1) is 13.7 Å². The monoisotopic (exact) mass is 508 g/mol. The van der Waals surface area contributed by atoms with Gasteiger partial charge in [-0.3, -0.25) is 10.1 Å². The summed E-state index contributed by atoms with van der Waals surface area (Å²) in [5.41, 5.74) is 1.84. The van der Waals surface area contributed by atoms with Gasteiger partial charge in [0.25, 0.3) is 5.91 Å². The Balaban J connectivity index is 1.60. The molecule has 1 amide bonds. The molecule has 7 nitrogen and oxygen atoms in total. The molecule has 0 bridgehead atoms. The van der Waals surface area contributed by atoms with E-state index < -0.39 is 5.91 Å². The van der Waals surface area contributed by atoms with Crippen LogP contribution in [0.1, 0.15) is 35.9 Å². The lowest BCUT2D eigenvalue weighted by Gasteiger charge is -2.11. The number of hydrogen-bond donors (Lipinski definition) is 1. The summed E-state index contributed by atoms with van der Waals surface area (Å²) >= 11 is 3.04. The minimum Gasteiger partial charge on any atom is -0.493 e. The molecule has 2 aromatic carbocycles. The van der Waals surface area contributed by atoms with E-state index in [1.165, 1.54) is 27.9 Å². The minimum atomic E-state index is -0.530. The van der Waals surface area contributed by atoms with Crippen molar-refractivity contribution in [2.45, 2.75) is 38.0 Å². The number of amides is 1. The summed E-state index contributed by atoms with van der Waals surface area (Å²) in [4.78, 5) is 13.8. The van der Waals surface area contributed by atoms with Gasteiger partial charge in [0.1, 0.15) is 16.6 Å². The lowest BCUT2D eigenvalue weighted by Crippen LogP contribution is -2.13. The standard InChI is InChI=1S/C26H28N4O3S2/c1-4-5-6-24-29-30-26(35-24)28-25(31)20(17-27)15-19-9-12-22(23(16-19)32-3)33-13-14-34-21-10-7-18(2)8-11-21/h7-12,15-16H,4-6,13-14H2,1-3H3,(H,28,30,31). The number of carbonyl (C=O) groups is 1. The molecule has 0 fully saturated rings. The molecule has 0 unspecified atom stereocenters. The molecule has 0 spiro atoms. The van der Waals surface area contributed by atoms with Crippen LogP contribution in [0.3, 0.4) is 0 Å². The average molecular weight is 509 g/mol. The van der Waals surface area contributed by atoms with Crippen molar-refractivity contribution in [2.24, 2.45) is 0 Å². The van der Waals surface area contributed by atoms with Crippen LogP contribution in [0.25, 0.3) is 6.08 Å². The number of nitriles is 1. The first-order valence-corrected chi connectivity index (χ1v) is 13.1. The fourth-order valence-corrected chi connectivity index (χ4v) is 4.56. The molecular weight excluding hydrogens is 480 g/mol. The number of ether oxygens (including phenoxy) is 2. The third kappa shape index (κ3) is 8.12. The average Bonchev–Trinajstić information content (AvgIpc) is 3.32. The van der Waals surface area contributed by atoms with Crippen molar-refractivity contribution in [1.29, 1.82) is 5.26 Å². The number of nitrogens with one attached hydrogen (secondary N) is 1. The smallest absolute Gasteiger partial charge is 0.268 e. The molecule has 0 atom stereocenters. The SMILES string of the molecule is CCCCc1nnc(NC(=O)C(C#N)=Cc2ccc(OCCSc3ccc(C)cc3)c(OC)c2)s1. The van der Waals surface area contributed by atoms with Gasteiger partial charge in [-0.2, -0.15) is 5.26 Å². The van der Waals surface area contributed by atoms with Crippen molar-refractivity contribution in [1.82, 2.24) is 10.2 Å². The molecule has 1 N–H and O–H groups in total. The summed E-state index contributed by atoms with van der Waals surface area (Å²) < 4.78 is 11.4. The quantitative estimate of drug-likeness (QED) is 0.140. The number of benzene rings is 2. The van der Waals surface area contributed by atoms with E-state index in [0.29, 0.717) is 28.8 Å². The largest absolute Gasteiger partial charge is 0.493 e. The van der Waals surface area contributed by atoms with E-state index in [9.17, 15) is 10.1 Å². The van der Waals surface area contributed by atoms with Crippen LogP contribution in [-0.4, -0.2) is 35.6 Å². The zero-order valence-corrected chi connectivity index (χ0v) is 21.7. The number of rotatable bonds is 12. The Morgan fingerprint density at radius 1 is 1.20 bits per heavy atom. The Morgan fingerprint density at radius 3 is 2.71 bits per heavy atom. The Kier molecular flexibility index (Phi) is 10.1. The molecule has 0 saturated heterocycles. The minimum absolute atomic E-state index is 0.0412. The first-order chi connectivity index (χ1) is 17.0. The van der Waals surface area contributed by atoms with Gasteiger partial charge in [-0.25, -0.2) is 0 Å². The molecule has 0 radical (unpaired) electrons. The van der Waals surface area contributed by atoms with E-state index >= 15 is 0 Å². The van der Waals surface area contributed by atoms with E-state index in [0.717, 1.165) is 30.0 Å². The molecule has 3 aromatic rings. The maximum absolute atomic E-state index is 12.6. The topological polar surface area (TPSA) is 97.1 Å². The van der Waals surface area contributed by atoms with Crippen molar-refractivity contribution >= 4 is 40.2 Å². The van der Waals surface area contributed by atoms with E-state index in [4.69, 9.17) is 9.47 Å². The van der Waals surface area contributed by atoms with E-state index in [-0.39, 0.29) is 5.57 Å². The summed E-state index contributed by atoms with van der Waals surface area (Å²) in [6.07, 6.45) is 4.40. The van der Waals surface area contributed by atoms with Gasteiger partial charge in [-0.15, -0.1) is 22.0 Å². The van der Waals surface area contributed by atoms with Crippen LogP contribution < -0.4 is 14.8 Å². The number of hydrogen-bond acceptors (Lipinski definition) is 8. The Morgan fingerprint density at radius 2 is 2.00 bits per heavy atom. The molecule has 0 saturated carbocycles. The number of anilines is 1. The fraction of sp³-hybridized carbons (Fsp3) is 0.308. The van der Waals surface area contributed by atoms with Crippen molar-refractivity contribution in [2.75, 3.05) is 24.8 Å². The Hall–Kier alpha value is -3.35. The number of thioether (sulfide) groups is 1. The van der Waals surface area contributed by atoms with Crippen molar-refractivity contribution in [3.8, 4) is 17.6 Å². The molecule has 0 aliphatic rings. The van der Waals surface area contributed by atoms with Crippen LogP contribution in [0, 0.1) is 18.3 Å². The number of aryl methyl sites for hydroxylation is 2. The van der Waals surface area contributed by atoms with Gasteiger partial charge >= 0.3 is 0 Å². The first-order valence-electron chi connectivity index (χ1n) is 11.3. The summed E-state index contributed by atoms with van der Waals surface area (Å²) in [7, 11) is 1.56. The highest BCUT2D eigenvalue weighted by molar-refractivity contribution is 7.99. The third-order valence-corrected chi connectivity index (χ3v) is 6.80. The van der Waals surface area contributed by atoms with Gasteiger partial charge in [-0.05, 0) is 49.2 Å². The van der Waals surface area contributed by atoms with Gasteiger partial charge in [0.2, 0.25) is 5.13 Å². The molecule has 182 valence electrons. The number of carbonyl (C=O) groups excluding carboxylic acids is 1. The normalized spacial score (nSPS) is 11.1. The highest BCUT2D eigenvalue weighted by Crippen LogP contribution is 2.30. The van der Waals surface area contributed by atoms with E-state index in [1.54, 1.807) is 37.1 Å². The van der Waals surface area contributed by atoms with Crippen LogP contribution in [0.4, 0.5) is 5.13 Å². The van der Waals surface area contributed by atoms with E-state index in [2.05, 4.69) is 53.6 Å². The Labute approximate surface area is 214 Å². The molecule has 9 heteroatoms. The third-order valence-electron chi connectivity index (χ3n) is 4.93. The highest BCUT2D eigenvalue weighted by Gasteiger charge is 2.14. The summed E-state index contributed by atoms with van der Waals surface area (Å²) in [5.74, 6) is 1.39. The van der Waals surface area contributed by atoms with Crippen LogP contribution in [0.2, 0.25) is 0 Å². The maximum Gasteiger partial charge on any atom is 0.268 e. The van der Waals surface area contributed by atoms with Crippen LogP contribution >= 0.6 is 23.1 Å². The predicted molar refractivity (Wildman–Crippen MR) is 141 cm³/mol. The lowest BCUT2D eigenvalue weighted by molar-refractivity contribution is -0.112. The molecule has 0 aliphatic carbocycles. The van der Waals surface area contributed by atoms with Crippen molar-refractivity contribution in [3.05, 3.63) is 64.2 Å². The maximum atomic E-state index is 12.6. The summed E-state index contributed by atoms with van der Waals surface area (Å²) in [6.45, 7) is 4.68. The lowest BCUT2D eigenvalue weighted by atomic mass is 10.1. The zero-order valence-electron chi connectivity index (χ0n) is 20.0.